The molecule has 4 aromatic rings. The molecule has 0 aliphatic carbocycles. The number of methoxy groups -OCH3 is 2. The molecule has 0 atom stereocenters. The Kier molecular flexibility index (Phi) is 6.06. The lowest BCUT2D eigenvalue weighted by molar-refractivity contribution is 0.0624. The fraction of sp³-hybridized carbons (Fsp3) is 0.143. The molecule has 31 heavy (non-hydrogen) atoms. The van der Waals surface area contributed by atoms with Gasteiger partial charge in [-0.1, -0.05) is 84.9 Å². The fourth-order valence-corrected chi connectivity index (χ4v) is 4.16. The minimum atomic E-state index is -1.32. The van der Waals surface area contributed by atoms with Crippen LogP contribution in [0.25, 0.3) is 0 Å². The first-order chi connectivity index (χ1) is 15.2. The molecule has 0 aliphatic rings. The van der Waals surface area contributed by atoms with Gasteiger partial charge in [0.1, 0.15) is 17.1 Å². The summed E-state index contributed by atoms with van der Waals surface area (Å²) in [6, 6.07) is 35.5. The molecule has 0 spiro atoms. The Bertz CT molecular complexity index is 1000. The maximum Gasteiger partial charge on any atom is 0.125 e. The smallest absolute Gasteiger partial charge is 0.125 e. The molecule has 0 bridgehead atoms. The van der Waals surface area contributed by atoms with Crippen LogP contribution >= 0.6 is 0 Å². The molecule has 156 valence electrons. The first kappa shape index (κ1) is 20.7. The predicted octanol–water partition coefficient (Wildman–Crippen LogP) is 5.77. The summed E-state index contributed by atoms with van der Waals surface area (Å²) in [5.41, 5.74) is 2.32. The molecule has 0 amide bonds. The van der Waals surface area contributed by atoms with Crippen molar-refractivity contribution in [1.82, 2.24) is 0 Å². The van der Waals surface area contributed by atoms with E-state index >= 15 is 0 Å². The predicted molar refractivity (Wildman–Crippen MR) is 124 cm³/mol. The van der Waals surface area contributed by atoms with Crippen molar-refractivity contribution in [3.05, 3.63) is 131 Å². The van der Waals surface area contributed by atoms with Gasteiger partial charge in [-0.25, -0.2) is 0 Å². The molecule has 0 radical (unpaired) electrons. The van der Waals surface area contributed by atoms with Crippen LogP contribution in [-0.4, -0.2) is 19.3 Å². The fourth-order valence-electron chi connectivity index (χ4n) is 4.16. The van der Waals surface area contributed by atoms with Crippen molar-refractivity contribution in [1.29, 1.82) is 0 Å². The van der Waals surface area contributed by atoms with E-state index in [-0.39, 0.29) is 5.92 Å². The molecule has 4 aromatic carbocycles. The quantitative estimate of drug-likeness (QED) is 0.420. The Hall–Kier alpha value is -3.56. The minimum Gasteiger partial charge on any atom is -0.497 e. The second kappa shape index (κ2) is 9.07. The summed E-state index contributed by atoms with van der Waals surface area (Å²) in [6.07, 6.45) is 0. The largest absolute Gasteiger partial charge is 0.497 e. The van der Waals surface area contributed by atoms with E-state index in [1.54, 1.807) is 14.2 Å². The second-order valence-corrected chi connectivity index (χ2v) is 7.48. The average molecular weight is 411 g/mol. The maximum absolute atomic E-state index is 12.6. The van der Waals surface area contributed by atoms with Crippen LogP contribution in [0.15, 0.2) is 109 Å². The Morgan fingerprint density at radius 1 is 0.548 bits per heavy atom. The van der Waals surface area contributed by atoms with Gasteiger partial charge in [-0.05, 0) is 46.5 Å². The van der Waals surface area contributed by atoms with Gasteiger partial charge in [0.15, 0.2) is 0 Å². The van der Waals surface area contributed by atoms with Gasteiger partial charge in [-0.3, -0.25) is 0 Å². The zero-order chi connectivity index (χ0) is 21.7. The molecule has 0 aliphatic heterocycles. The third-order valence-corrected chi connectivity index (χ3v) is 5.74. The van der Waals surface area contributed by atoms with E-state index in [4.69, 9.17) is 9.47 Å². The van der Waals surface area contributed by atoms with E-state index in [1.807, 2.05) is 84.9 Å². The molecule has 3 nitrogen and oxygen atoms in total. The Morgan fingerprint density at radius 2 is 0.903 bits per heavy atom. The third kappa shape index (κ3) is 4.05. The summed E-state index contributed by atoms with van der Waals surface area (Å²) in [6.45, 7) is 0. The lowest BCUT2D eigenvalue weighted by Crippen LogP contribution is -2.35. The van der Waals surface area contributed by atoms with Gasteiger partial charge >= 0.3 is 0 Å². The van der Waals surface area contributed by atoms with Crippen LogP contribution in [0.4, 0.5) is 0 Å². The zero-order valence-electron chi connectivity index (χ0n) is 17.7. The maximum atomic E-state index is 12.6. The van der Waals surface area contributed by atoms with E-state index in [2.05, 4.69) is 24.3 Å². The van der Waals surface area contributed by atoms with Crippen LogP contribution < -0.4 is 9.47 Å². The summed E-state index contributed by atoms with van der Waals surface area (Å²) < 4.78 is 10.7. The third-order valence-electron chi connectivity index (χ3n) is 5.74. The highest BCUT2D eigenvalue weighted by Crippen LogP contribution is 2.46. The molecule has 0 saturated carbocycles. The molecule has 0 saturated heterocycles. The average Bonchev–Trinajstić information content (AvgIpc) is 2.85. The Labute approximate surface area is 183 Å². The van der Waals surface area contributed by atoms with E-state index in [0.717, 1.165) is 33.8 Å². The van der Waals surface area contributed by atoms with Crippen molar-refractivity contribution >= 4 is 0 Å². The van der Waals surface area contributed by atoms with Gasteiger partial charge in [-0.15, -0.1) is 0 Å². The van der Waals surface area contributed by atoms with Crippen LogP contribution in [0, 0.1) is 0 Å². The highest BCUT2D eigenvalue weighted by molar-refractivity contribution is 5.49. The van der Waals surface area contributed by atoms with Crippen molar-refractivity contribution in [3.63, 3.8) is 0 Å². The molecule has 0 aromatic heterocycles. The van der Waals surface area contributed by atoms with Crippen LogP contribution in [0.3, 0.4) is 0 Å². The molecule has 0 heterocycles. The van der Waals surface area contributed by atoms with Crippen molar-refractivity contribution < 1.29 is 14.6 Å². The normalized spacial score (nSPS) is 11.4. The van der Waals surface area contributed by atoms with Crippen molar-refractivity contribution in [3.8, 4) is 11.5 Å². The number of ether oxygens (including phenoxy) is 2. The van der Waals surface area contributed by atoms with Crippen molar-refractivity contribution in [2.24, 2.45) is 0 Å². The molecule has 0 unspecified atom stereocenters. The van der Waals surface area contributed by atoms with E-state index in [1.165, 1.54) is 0 Å². The van der Waals surface area contributed by atoms with Gasteiger partial charge in [-0.2, -0.15) is 0 Å². The number of aliphatic hydroxyl groups is 1. The lowest BCUT2D eigenvalue weighted by Gasteiger charge is -2.38. The first-order valence-corrected chi connectivity index (χ1v) is 10.3. The van der Waals surface area contributed by atoms with E-state index < -0.39 is 5.60 Å². The SMILES string of the molecule is COc1ccc(C(O)(c2ccc(OC)cc2)C(c2ccccc2)c2ccccc2)cc1. The summed E-state index contributed by atoms with van der Waals surface area (Å²) in [5.74, 6) is 1.17. The van der Waals surface area contributed by atoms with Gasteiger partial charge in [0, 0.05) is 5.92 Å². The highest BCUT2D eigenvalue weighted by atomic mass is 16.5. The first-order valence-electron chi connectivity index (χ1n) is 10.3. The topological polar surface area (TPSA) is 38.7 Å². The molecule has 1 N–H and O–H groups in total. The molecule has 3 heteroatoms. The molecule has 4 rings (SSSR count). The zero-order valence-corrected chi connectivity index (χ0v) is 17.7. The Morgan fingerprint density at radius 3 is 1.23 bits per heavy atom. The molecular formula is C28H26O3. The van der Waals surface area contributed by atoms with Crippen LogP contribution in [-0.2, 0) is 5.60 Å². The number of benzene rings is 4. The summed E-state index contributed by atoms with van der Waals surface area (Å²) in [4.78, 5) is 0. The highest BCUT2D eigenvalue weighted by Gasteiger charge is 2.42. The summed E-state index contributed by atoms with van der Waals surface area (Å²) >= 11 is 0. The van der Waals surface area contributed by atoms with Crippen LogP contribution in [0.2, 0.25) is 0 Å². The number of rotatable bonds is 7. The van der Waals surface area contributed by atoms with Gasteiger partial charge < -0.3 is 14.6 Å². The van der Waals surface area contributed by atoms with Crippen LogP contribution in [0.1, 0.15) is 28.2 Å². The number of hydrogen-bond donors (Lipinski definition) is 1. The second-order valence-electron chi connectivity index (χ2n) is 7.48. The standard InChI is InChI=1S/C28H26O3/c1-30-25-17-13-23(14-18-25)28(29,24-15-19-26(31-2)20-16-24)27(21-9-5-3-6-10-21)22-11-7-4-8-12-22/h3-20,27,29H,1-2H3. The van der Waals surface area contributed by atoms with Crippen LogP contribution in [0.5, 0.6) is 11.5 Å². The molecule has 0 fully saturated rings. The van der Waals surface area contributed by atoms with Gasteiger partial charge in [0.2, 0.25) is 0 Å². The minimum absolute atomic E-state index is 0.323. The van der Waals surface area contributed by atoms with Gasteiger partial charge in [0.25, 0.3) is 0 Å². The number of hydrogen-bond acceptors (Lipinski definition) is 3. The van der Waals surface area contributed by atoms with Crippen molar-refractivity contribution in [2.75, 3.05) is 14.2 Å². The van der Waals surface area contributed by atoms with Crippen molar-refractivity contribution in [2.45, 2.75) is 11.5 Å². The molecular weight excluding hydrogens is 384 g/mol. The van der Waals surface area contributed by atoms with E-state index in [9.17, 15) is 5.11 Å². The summed E-state index contributed by atoms with van der Waals surface area (Å²) in [5, 5.41) is 12.6. The Balaban J connectivity index is 1.98. The summed E-state index contributed by atoms with van der Waals surface area (Å²) in [7, 11) is 3.28. The van der Waals surface area contributed by atoms with Gasteiger partial charge in [0.05, 0.1) is 14.2 Å². The lowest BCUT2D eigenvalue weighted by atomic mass is 9.70. The monoisotopic (exact) mass is 410 g/mol. The van der Waals surface area contributed by atoms with E-state index in [0.29, 0.717) is 0 Å².